The number of nitrogens with zero attached hydrogens (tertiary/aromatic N) is 1. The molecule has 2 heteroatoms. The minimum atomic E-state index is 0.696. The molecule has 2 aliphatic rings. The minimum absolute atomic E-state index is 0.696. The lowest BCUT2D eigenvalue weighted by molar-refractivity contribution is 0.251. The summed E-state index contributed by atoms with van der Waals surface area (Å²) in [6.07, 6.45) is 5.39. The maximum atomic E-state index is 3.70. The van der Waals surface area contributed by atoms with E-state index < -0.39 is 0 Å². The van der Waals surface area contributed by atoms with Crippen LogP contribution in [0.2, 0.25) is 0 Å². The molecule has 2 unspecified atom stereocenters. The predicted octanol–water partition coefficient (Wildman–Crippen LogP) is 2.62. The smallest absolute Gasteiger partial charge is 0.0200 e. The van der Waals surface area contributed by atoms with Crippen molar-refractivity contribution in [3.8, 4) is 0 Å². The summed E-state index contributed by atoms with van der Waals surface area (Å²) >= 11 is 0. The first-order chi connectivity index (χ1) is 8.92. The molecule has 1 N–H and O–H groups in total. The van der Waals surface area contributed by atoms with Gasteiger partial charge in [-0.25, -0.2) is 0 Å². The molecule has 1 aromatic rings. The van der Waals surface area contributed by atoms with Gasteiger partial charge in [-0.3, -0.25) is 0 Å². The predicted molar refractivity (Wildman–Crippen MR) is 75.9 cm³/mol. The molecule has 0 saturated carbocycles. The fraction of sp³-hybridized carbons (Fsp3) is 0.625. The van der Waals surface area contributed by atoms with Gasteiger partial charge in [-0.15, -0.1) is 0 Å². The van der Waals surface area contributed by atoms with Gasteiger partial charge in [0.1, 0.15) is 0 Å². The SMILES string of the molecule is c1ccc(C2CCNC(CN3CCCC3)C2)cc1. The van der Waals surface area contributed by atoms with Crippen LogP contribution in [0.15, 0.2) is 30.3 Å². The van der Waals surface area contributed by atoms with Crippen LogP contribution in [0.4, 0.5) is 0 Å². The lowest BCUT2D eigenvalue weighted by Crippen LogP contribution is -2.44. The van der Waals surface area contributed by atoms with Gasteiger partial charge in [0.2, 0.25) is 0 Å². The van der Waals surface area contributed by atoms with Gasteiger partial charge >= 0.3 is 0 Å². The van der Waals surface area contributed by atoms with E-state index in [2.05, 4.69) is 40.5 Å². The summed E-state index contributed by atoms with van der Waals surface area (Å²) in [4.78, 5) is 2.63. The Hall–Kier alpha value is -0.860. The minimum Gasteiger partial charge on any atom is -0.313 e. The third kappa shape index (κ3) is 2.93. The number of hydrogen-bond acceptors (Lipinski definition) is 2. The van der Waals surface area contributed by atoms with Crippen LogP contribution in [0, 0.1) is 0 Å². The highest BCUT2D eigenvalue weighted by molar-refractivity contribution is 5.20. The molecule has 0 amide bonds. The van der Waals surface area contributed by atoms with Gasteiger partial charge in [-0.2, -0.15) is 0 Å². The van der Waals surface area contributed by atoms with Gasteiger partial charge in [0.15, 0.2) is 0 Å². The second kappa shape index (κ2) is 5.85. The van der Waals surface area contributed by atoms with Crippen LogP contribution >= 0.6 is 0 Å². The molecule has 2 nitrogen and oxygen atoms in total. The molecular weight excluding hydrogens is 220 g/mol. The third-order valence-corrected chi connectivity index (χ3v) is 4.44. The summed E-state index contributed by atoms with van der Waals surface area (Å²) < 4.78 is 0. The number of nitrogens with one attached hydrogen (secondary N) is 1. The summed E-state index contributed by atoms with van der Waals surface area (Å²) in [5.41, 5.74) is 1.53. The first-order valence-electron chi connectivity index (χ1n) is 7.42. The summed E-state index contributed by atoms with van der Waals surface area (Å²) in [7, 11) is 0. The molecule has 0 bridgehead atoms. The van der Waals surface area contributed by atoms with E-state index in [1.807, 2.05) is 0 Å². The number of hydrogen-bond donors (Lipinski definition) is 1. The Labute approximate surface area is 110 Å². The first-order valence-corrected chi connectivity index (χ1v) is 7.42. The molecule has 2 atom stereocenters. The molecule has 3 rings (SSSR count). The van der Waals surface area contributed by atoms with Crippen LogP contribution in [0.1, 0.15) is 37.2 Å². The van der Waals surface area contributed by atoms with E-state index in [0.717, 1.165) is 5.92 Å². The Kier molecular flexibility index (Phi) is 3.96. The molecule has 1 aromatic carbocycles. The van der Waals surface area contributed by atoms with Crippen LogP contribution in [0.5, 0.6) is 0 Å². The molecule has 0 aliphatic carbocycles. The second-order valence-electron chi connectivity index (χ2n) is 5.79. The zero-order valence-corrected chi connectivity index (χ0v) is 11.1. The van der Waals surface area contributed by atoms with Crippen molar-refractivity contribution in [2.24, 2.45) is 0 Å². The van der Waals surface area contributed by atoms with Crippen molar-refractivity contribution in [1.29, 1.82) is 0 Å². The number of piperidine rings is 1. The highest BCUT2D eigenvalue weighted by Crippen LogP contribution is 2.28. The summed E-state index contributed by atoms with van der Waals surface area (Å²) in [6.45, 7) is 5.06. The molecule has 2 heterocycles. The van der Waals surface area contributed by atoms with E-state index in [-0.39, 0.29) is 0 Å². The normalized spacial score (nSPS) is 29.6. The first kappa shape index (κ1) is 12.2. The molecule has 0 aromatic heterocycles. The van der Waals surface area contributed by atoms with Crippen LogP contribution in [-0.2, 0) is 0 Å². The molecule has 2 saturated heterocycles. The van der Waals surface area contributed by atoms with Crippen molar-refractivity contribution >= 4 is 0 Å². The Morgan fingerprint density at radius 3 is 2.67 bits per heavy atom. The fourth-order valence-corrected chi connectivity index (χ4v) is 3.45. The van der Waals surface area contributed by atoms with Crippen LogP contribution in [0.25, 0.3) is 0 Å². The fourth-order valence-electron chi connectivity index (χ4n) is 3.45. The van der Waals surface area contributed by atoms with Crippen molar-refractivity contribution in [1.82, 2.24) is 10.2 Å². The average Bonchev–Trinajstić information content (AvgIpc) is 2.93. The number of benzene rings is 1. The Balaban J connectivity index is 1.58. The molecule has 98 valence electrons. The van der Waals surface area contributed by atoms with E-state index in [4.69, 9.17) is 0 Å². The lowest BCUT2D eigenvalue weighted by Gasteiger charge is -2.33. The van der Waals surface area contributed by atoms with Gasteiger partial charge in [-0.1, -0.05) is 30.3 Å². The Bertz CT molecular complexity index is 357. The van der Waals surface area contributed by atoms with E-state index in [0.29, 0.717) is 6.04 Å². The Morgan fingerprint density at radius 2 is 1.89 bits per heavy atom. The van der Waals surface area contributed by atoms with E-state index in [1.54, 1.807) is 0 Å². The molecule has 18 heavy (non-hydrogen) atoms. The summed E-state index contributed by atoms with van der Waals surface area (Å²) in [6, 6.07) is 11.7. The van der Waals surface area contributed by atoms with Crippen molar-refractivity contribution in [2.75, 3.05) is 26.2 Å². The van der Waals surface area contributed by atoms with Crippen LogP contribution in [0.3, 0.4) is 0 Å². The van der Waals surface area contributed by atoms with Crippen LogP contribution < -0.4 is 5.32 Å². The van der Waals surface area contributed by atoms with E-state index >= 15 is 0 Å². The summed E-state index contributed by atoms with van der Waals surface area (Å²) in [5.74, 6) is 0.764. The van der Waals surface area contributed by atoms with Gasteiger partial charge < -0.3 is 10.2 Å². The molecule has 2 fully saturated rings. The molecule has 0 radical (unpaired) electrons. The van der Waals surface area contributed by atoms with Crippen molar-refractivity contribution in [2.45, 2.75) is 37.6 Å². The van der Waals surface area contributed by atoms with Gasteiger partial charge in [0, 0.05) is 12.6 Å². The van der Waals surface area contributed by atoms with E-state index in [1.165, 1.54) is 57.4 Å². The zero-order chi connectivity index (χ0) is 12.2. The third-order valence-electron chi connectivity index (χ3n) is 4.44. The van der Waals surface area contributed by atoms with Crippen LogP contribution in [-0.4, -0.2) is 37.1 Å². The monoisotopic (exact) mass is 244 g/mol. The highest BCUT2D eigenvalue weighted by Gasteiger charge is 2.25. The van der Waals surface area contributed by atoms with Crippen molar-refractivity contribution in [3.63, 3.8) is 0 Å². The van der Waals surface area contributed by atoms with Crippen molar-refractivity contribution < 1.29 is 0 Å². The molecular formula is C16H24N2. The number of likely N-dealkylation sites (tertiary alicyclic amines) is 1. The average molecular weight is 244 g/mol. The Morgan fingerprint density at radius 1 is 1.11 bits per heavy atom. The molecule has 0 spiro atoms. The number of rotatable bonds is 3. The molecule has 2 aliphatic heterocycles. The zero-order valence-electron chi connectivity index (χ0n) is 11.1. The quantitative estimate of drug-likeness (QED) is 0.879. The second-order valence-corrected chi connectivity index (χ2v) is 5.79. The summed E-state index contributed by atoms with van der Waals surface area (Å²) in [5, 5.41) is 3.70. The van der Waals surface area contributed by atoms with Gasteiger partial charge in [0.25, 0.3) is 0 Å². The maximum absolute atomic E-state index is 3.70. The standard InChI is InChI=1S/C16H24N2/c1-2-6-14(7-3-1)15-8-9-17-16(12-15)13-18-10-4-5-11-18/h1-3,6-7,15-17H,4-5,8-13H2. The highest BCUT2D eigenvalue weighted by atomic mass is 15.2. The maximum Gasteiger partial charge on any atom is 0.0200 e. The van der Waals surface area contributed by atoms with Crippen molar-refractivity contribution in [3.05, 3.63) is 35.9 Å². The lowest BCUT2D eigenvalue weighted by atomic mass is 9.86. The topological polar surface area (TPSA) is 15.3 Å². The van der Waals surface area contributed by atoms with Gasteiger partial charge in [-0.05, 0) is 56.8 Å². The largest absolute Gasteiger partial charge is 0.313 e. The van der Waals surface area contributed by atoms with E-state index in [9.17, 15) is 0 Å². The van der Waals surface area contributed by atoms with Gasteiger partial charge in [0.05, 0.1) is 0 Å².